The van der Waals surface area contributed by atoms with E-state index in [0.29, 0.717) is 3.57 Å². The van der Waals surface area contributed by atoms with Crippen molar-refractivity contribution in [2.24, 2.45) is 5.14 Å². The van der Waals surface area contributed by atoms with E-state index < -0.39 is 10.0 Å². The van der Waals surface area contributed by atoms with Gasteiger partial charge in [-0.2, -0.15) is 0 Å². The molecule has 1 aromatic carbocycles. The van der Waals surface area contributed by atoms with Crippen LogP contribution in [-0.2, 0) is 10.0 Å². The van der Waals surface area contributed by atoms with Crippen molar-refractivity contribution < 1.29 is 13.5 Å². The lowest BCUT2D eigenvalue weighted by atomic mass is 10.3. The van der Waals surface area contributed by atoms with Crippen molar-refractivity contribution in [3.63, 3.8) is 0 Å². The first-order valence-corrected chi connectivity index (χ1v) is 5.54. The maximum atomic E-state index is 10.8. The number of hydrogen-bond acceptors (Lipinski definition) is 3. The zero-order valence-electron chi connectivity index (χ0n) is 5.86. The van der Waals surface area contributed by atoms with Crippen molar-refractivity contribution >= 4 is 32.6 Å². The van der Waals surface area contributed by atoms with Crippen LogP contribution in [0.4, 0.5) is 0 Å². The summed E-state index contributed by atoms with van der Waals surface area (Å²) in [5.74, 6) is -0.106. The number of benzene rings is 1. The van der Waals surface area contributed by atoms with Crippen molar-refractivity contribution in [3.05, 3.63) is 21.8 Å². The Bertz CT molecular complexity index is 381. The van der Waals surface area contributed by atoms with Gasteiger partial charge in [0.15, 0.2) is 0 Å². The minimum absolute atomic E-state index is 0.0769. The third-order valence-corrected chi connectivity index (χ3v) is 2.70. The molecule has 0 unspecified atom stereocenters. The minimum atomic E-state index is -3.71. The quantitative estimate of drug-likeness (QED) is 0.747. The molecule has 0 aliphatic rings. The molecule has 0 aliphatic carbocycles. The number of sulfonamides is 1. The number of primary sulfonamides is 1. The second-order valence-corrected chi connectivity index (χ2v) is 5.00. The van der Waals surface area contributed by atoms with Crippen molar-refractivity contribution in [2.75, 3.05) is 0 Å². The molecule has 0 bridgehead atoms. The normalized spacial score (nSPS) is 11.5. The van der Waals surface area contributed by atoms with E-state index in [4.69, 9.17) is 10.2 Å². The minimum Gasteiger partial charge on any atom is -0.508 e. The van der Waals surface area contributed by atoms with Crippen LogP contribution in [0.2, 0.25) is 0 Å². The number of phenolic OH excluding ortho intramolecular Hbond substituents is 1. The molecular weight excluding hydrogens is 293 g/mol. The molecule has 0 saturated carbocycles. The second kappa shape index (κ2) is 3.19. The van der Waals surface area contributed by atoms with Gasteiger partial charge in [0.1, 0.15) is 5.75 Å². The van der Waals surface area contributed by atoms with E-state index in [1.54, 1.807) is 0 Å². The highest BCUT2D eigenvalue weighted by Crippen LogP contribution is 2.19. The first kappa shape index (κ1) is 9.75. The molecule has 0 atom stereocenters. The average molecular weight is 299 g/mol. The maximum absolute atomic E-state index is 10.8. The molecule has 0 aliphatic heterocycles. The molecule has 0 amide bonds. The Hall–Kier alpha value is -0.340. The van der Waals surface area contributed by atoms with Crippen LogP contribution >= 0.6 is 22.6 Å². The van der Waals surface area contributed by atoms with E-state index in [1.165, 1.54) is 12.1 Å². The van der Waals surface area contributed by atoms with Gasteiger partial charge >= 0.3 is 0 Å². The first-order valence-electron chi connectivity index (χ1n) is 2.92. The van der Waals surface area contributed by atoms with E-state index in [-0.39, 0.29) is 10.6 Å². The molecule has 0 spiro atoms. The van der Waals surface area contributed by atoms with Gasteiger partial charge in [-0.15, -0.1) is 0 Å². The molecule has 66 valence electrons. The lowest BCUT2D eigenvalue weighted by molar-refractivity contribution is 0.472. The summed E-state index contributed by atoms with van der Waals surface area (Å²) < 4.78 is 22.2. The molecule has 1 aromatic rings. The molecule has 0 aromatic heterocycles. The summed E-state index contributed by atoms with van der Waals surface area (Å²) in [6.07, 6.45) is 0. The molecule has 0 fully saturated rings. The lowest BCUT2D eigenvalue weighted by Gasteiger charge is -1.99. The van der Waals surface area contributed by atoms with Gasteiger partial charge in [-0.25, -0.2) is 13.6 Å². The summed E-state index contributed by atoms with van der Waals surface area (Å²) in [6, 6.07) is 3.93. The number of aromatic hydroxyl groups is 1. The molecule has 3 N–H and O–H groups in total. The fourth-order valence-electron chi connectivity index (χ4n) is 0.712. The fraction of sp³-hybridized carbons (Fsp3) is 0. The highest BCUT2D eigenvalue weighted by Gasteiger charge is 2.09. The monoisotopic (exact) mass is 299 g/mol. The lowest BCUT2D eigenvalue weighted by Crippen LogP contribution is -2.12. The van der Waals surface area contributed by atoms with Gasteiger partial charge in [0.05, 0.1) is 4.90 Å². The summed E-state index contributed by atoms with van der Waals surface area (Å²) in [6.45, 7) is 0. The van der Waals surface area contributed by atoms with Gasteiger partial charge in [0, 0.05) is 3.57 Å². The Labute approximate surface area is 83.6 Å². The number of halogens is 1. The van der Waals surface area contributed by atoms with E-state index in [1.807, 2.05) is 22.6 Å². The Morgan fingerprint density at radius 3 is 2.33 bits per heavy atom. The van der Waals surface area contributed by atoms with Gasteiger partial charge in [0.2, 0.25) is 10.0 Å². The Morgan fingerprint density at radius 2 is 1.92 bits per heavy atom. The number of hydrogen-bond donors (Lipinski definition) is 2. The van der Waals surface area contributed by atoms with Crippen LogP contribution in [0.5, 0.6) is 5.75 Å². The number of rotatable bonds is 1. The largest absolute Gasteiger partial charge is 0.508 e. The van der Waals surface area contributed by atoms with Gasteiger partial charge in [-0.05, 0) is 40.8 Å². The van der Waals surface area contributed by atoms with Crippen LogP contribution in [0.1, 0.15) is 0 Å². The summed E-state index contributed by atoms with van der Waals surface area (Å²) in [5, 5.41) is 13.9. The van der Waals surface area contributed by atoms with Crippen molar-refractivity contribution in [1.82, 2.24) is 0 Å². The maximum Gasteiger partial charge on any atom is 0.238 e. The third-order valence-electron chi connectivity index (χ3n) is 1.18. The molecule has 0 saturated heterocycles. The van der Waals surface area contributed by atoms with Gasteiger partial charge in [-0.1, -0.05) is 0 Å². The predicted octanol–water partition coefficient (Wildman–Crippen LogP) is 0.644. The van der Waals surface area contributed by atoms with E-state index in [2.05, 4.69) is 0 Å². The number of nitrogens with two attached hydrogens (primary N) is 1. The standard InChI is InChI=1S/C6H6INO3S/c7-4-1-5(9)3-6(2-4)12(8,10)11/h1-3,9H,(H2,8,10,11). The van der Waals surface area contributed by atoms with Gasteiger partial charge < -0.3 is 5.11 Å². The molecule has 6 heteroatoms. The number of phenols is 1. The van der Waals surface area contributed by atoms with E-state index >= 15 is 0 Å². The van der Waals surface area contributed by atoms with Gasteiger partial charge in [0.25, 0.3) is 0 Å². The molecule has 12 heavy (non-hydrogen) atoms. The van der Waals surface area contributed by atoms with Crippen LogP contribution in [0, 0.1) is 3.57 Å². The summed E-state index contributed by atoms with van der Waals surface area (Å²) in [4.78, 5) is -0.0769. The molecular formula is C6H6INO3S. The van der Waals surface area contributed by atoms with Crippen molar-refractivity contribution in [3.8, 4) is 5.75 Å². The van der Waals surface area contributed by atoms with Crippen LogP contribution in [-0.4, -0.2) is 13.5 Å². The molecule has 4 nitrogen and oxygen atoms in total. The van der Waals surface area contributed by atoms with Crippen LogP contribution < -0.4 is 5.14 Å². The highest BCUT2D eigenvalue weighted by molar-refractivity contribution is 14.1. The zero-order valence-corrected chi connectivity index (χ0v) is 8.83. The Morgan fingerprint density at radius 1 is 1.33 bits per heavy atom. The second-order valence-electron chi connectivity index (χ2n) is 2.19. The van der Waals surface area contributed by atoms with Crippen molar-refractivity contribution in [1.29, 1.82) is 0 Å². The Kier molecular flexibility index (Phi) is 2.59. The smallest absolute Gasteiger partial charge is 0.238 e. The van der Waals surface area contributed by atoms with Crippen molar-refractivity contribution in [2.45, 2.75) is 4.90 Å². The summed E-state index contributed by atoms with van der Waals surface area (Å²) in [7, 11) is -3.71. The fourth-order valence-corrected chi connectivity index (χ4v) is 2.15. The molecule has 0 heterocycles. The predicted molar refractivity (Wildman–Crippen MR) is 52.2 cm³/mol. The van der Waals surface area contributed by atoms with Crippen LogP contribution in [0.3, 0.4) is 0 Å². The average Bonchev–Trinajstić information content (AvgIpc) is 1.82. The molecule has 1 rings (SSSR count). The summed E-state index contributed by atoms with van der Waals surface area (Å²) >= 11 is 1.89. The molecule has 0 radical (unpaired) electrons. The van der Waals surface area contributed by atoms with E-state index in [0.717, 1.165) is 6.07 Å². The zero-order chi connectivity index (χ0) is 9.35. The van der Waals surface area contributed by atoms with Crippen LogP contribution in [0.25, 0.3) is 0 Å². The summed E-state index contributed by atoms with van der Waals surface area (Å²) in [5.41, 5.74) is 0. The highest BCUT2D eigenvalue weighted by atomic mass is 127. The third kappa shape index (κ3) is 2.32. The van der Waals surface area contributed by atoms with Crippen LogP contribution in [0.15, 0.2) is 23.1 Å². The van der Waals surface area contributed by atoms with Gasteiger partial charge in [-0.3, -0.25) is 0 Å². The van der Waals surface area contributed by atoms with E-state index in [9.17, 15) is 8.42 Å². The first-order chi connectivity index (χ1) is 5.39. The Balaban J connectivity index is 3.37. The SMILES string of the molecule is NS(=O)(=O)c1cc(O)cc(I)c1. The topological polar surface area (TPSA) is 80.4 Å².